The summed E-state index contributed by atoms with van der Waals surface area (Å²) in [7, 11) is 3.13. The summed E-state index contributed by atoms with van der Waals surface area (Å²) in [5.74, 6) is 0.199. The highest BCUT2D eigenvalue weighted by Crippen LogP contribution is 2.23. The Balaban J connectivity index is 1.93. The number of nitrogens with one attached hydrogen (secondary N) is 1. The standard InChI is InChI=1S/C16H18N2O5S/c1-22-12-3-4-13(23-2)10(5-12)8-17-14(19)7-15-18-11(9-24-15)6-16(20)21/h3-5,9H,6-8H2,1-2H3,(H,17,19)(H,20,21). The molecule has 7 nitrogen and oxygen atoms in total. The van der Waals surface area contributed by atoms with Crippen LogP contribution < -0.4 is 14.8 Å². The largest absolute Gasteiger partial charge is 0.497 e. The lowest BCUT2D eigenvalue weighted by Crippen LogP contribution is -2.24. The fourth-order valence-corrected chi connectivity index (χ4v) is 2.87. The van der Waals surface area contributed by atoms with Crippen molar-refractivity contribution in [3.63, 3.8) is 0 Å². The molecule has 0 saturated heterocycles. The van der Waals surface area contributed by atoms with Crippen LogP contribution in [0, 0.1) is 0 Å². The van der Waals surface area contributed by atoms with Crippen LogP contribution in [0.25, 0.3) is 0 Å². The molecule has 2 N–H and O–H groups in total. The number of rotatable bonds is 8. The molecule has 0 spiro atoms. The van der Waals surface area contributed by atoms with E-state index < -0.39 is 5.97 Å². The van der Waals surface area contributed by atoms with Crippen LogP contribution in [0.2, 0.25) is 0 Å². The van der Waals surface area contributed by atoms with Gasteiger partial charge in [-0.15, -0.1) is 11.3 Å². The number of carbonyl (C=O) groups is 2. The van der Waals surface area contributed by atoms with Gasteiger partial charge in [-0.05, 0) is 18.2 Å². The molecule has 1 amide bonds. The van der Waals surface area contributed by atoms with Crippen molar-refractivity contribution in [2.75, 3.05) is 14.2 Å². The molecule has 0 saturated carbocycles. The molecule has 1 heterocycles. The van der Waals surface area contributed by atoms with E-state index >= 15 is 0 Å². The monoisotopic (exact) mass is 350 g/mol. The topological polar surface area (TPSA) is 97.8 Å². The Morgan fingerprint density at radius 2 is 2.04 bits per heavy atom. The van der Waals surface area contributed by atoms with Gasteiger partial charge in [-0.3, -0.25) is 9.59 Å². The number of amides is 1. The fourth-order valence-electron chi connectivity index (χ4n) is 2.08. The second-order valence-corrected chi connectivity index (χ2v) is 5.88. The molecule has 0 aliphatic carbocycles. The molecule has 1 aromatic carbocycles. The first-order valence-corrected chi connectivity index (χ1v) is 8.02. The predicted octanol–water partition coefficient (Wildman–Crippen LogP) is 1.65. The normalized spacial score (nSPS) is 10.2. The summed E-state index contributed by atoms with van der Waals surface area (Å²) in [4.78, 5) is 26.8. The average Bonchev–Trinajstić information content (AvgIpc) is 2.98. The summed E-state index contributed by atoms with van der Waals surface area (Å²) in [5, 5.41) is 13.8. The summed E-state index contributed by atoms with van der Waals surface area (Å²) >= 11 is 1.28. The van der Waals surface area contributed by atoms with Crippen LogP contribution in [0.4, 0.5) is 0 Å². The lowest BCUT2D eigenvalue weighted by Gasteiger charge is -2.11. The Morgan fingerprint density at radius 1 is 1.25 bits per heavy atom. The minimum atomic E-state index is -0.943. The van der Waals surface area contributed by atoms with E-state index in [1.165, 1.54) is 11.3 Å². The van der Waals surface area contributed by atoms with E-state index in [1.54, 1.807) is 37.8 Å². The molecule has 0 atom stereocenters. The van der Waals surface area contributed by atoms with E-state index in [9.17, 15) is 9.59 Å². The first-order chi connectivity index (χ1) is 11.5. The Bertz CT molecular complexity index is 729. The van der Waals surface area contributed by atoms with Crippen molar-refractivity contribution in [2.45, 2.75) is 19.4 Å². The smallest absolute Gasteiger partial charge is 0.309 e. The quantitative estimate of drug-likeness (QED) is 0.751. The molecule has 2 rings (SSSR count). The summed E-state index contributed by atoms with van der Waals surface area (Å²) in [6.45, 7) is 0.298. The number of carbonyl (C=O) groups excluding carboxylic acids is 1. The third kappa shape index (κ3) is 4.95. The van der Waals surface area contributed by atoms with E-state index in [4.69, 9.17) is 14.6 Å². The van der Waals surface area contributed by atoms with E-state index in [-0.39, 0.29) is 18.7 Å². The fraction of sp³-hybridized carbons (Fsp3) is 0.312. The van der Waals surface area contributed by atoms with Gasteiger partial charge in [0.25, 0.3) is 0 Å². The van der Waals surface area contributed by atoms with Crippen molar-refractivity contribution >= 4 is 23.2 Å². The molecule has 0 aliphatic rings. The molecular formula is C16H18N2O5S. The van der Waals surface area contributed by atoms with Crippen LogP contribution in [-0.4, -0.2) is 36.2 Å². The van der Waals surface area contributed by atoms with E-state index in [0.717, 1.165) is 5.56 Å². The van der Waals surface area contributed by atoms with Crippen LogP contribution in [0.3, 0.4) is 0 Å². The average molecular weight is 350 g/mol. The molecule has 0 unspecified atom stereocenters. The van der Waals surface area contributed by atoms with Gasteiger partial charge < -0.3 is 19.9 Å². The van der Waals surface area contributed by atoms with Crippen molar-refractivity contribution in [2.24, 2.45) is 0 Å². The van der Waals surface area contributed by atoms with Crippen molar-refractivity contribution in [1.29, 1.82) is 0 Å². The third-order valence-electron chi connectivity index (χ3n) is 3.21. The number of aliphatic carboxylic acids is 1. The van der Waals surface area contributed by atoms with Crippen molar-refractivity contribution in [1.82, 2.24) is 10.3 Å². The van der Waals surface area contributed by atoms with Gasteiger partial charge in [-0.25, -0.2) is 4.98 Å². The number of carboxylic acids is 1. The molecular weight excluding hydrogens is 332 g/mol. The highest BCUT2D eigenvalue weighted by molar-refractivity contribution is 7.09. The number of hydrogen-bond acceptors (Lipinski definition) is 6. The molecule has 0 aliphatic heterocycles. The van der Waals surface area contributed by atoms with Crippen LogP contribution in [0.5, 0.6) is 11.5 Å². The maximum atomic E-state index is 12.0. The zero-order chi connectivity index (χ0) is 17.5. The van der Waals surface area contributed by atoms with Crippen LogP contribution in [0.15, 0.2) is 23.6 Å². The van der Waals surface area contributed by atoms with Gasteiger partial charge in [0.15, 0.2) is 0 Å². The molecule has 128 valence electrons. The number of benzene rings is 1. The van der Waals surface area contributed by atoms with E-state index in [0.29, 0.717) is 28.7 Å². The van der Waals surface area contributed by atoms with Gasteiger partial charge in [-0.2, -0.15) is 0 Å². The van der Waals surface area contributed by atoms with Crippen LogP contribution >= 0.6 is 11.3 Å². The van der Waals surface area contributed by atoms with Gasteiger partial charge in [0.05, 0.1) is 32.8 Å². The Labute approximate surface area is 143 Å². The maximum Gasteiger partial charge on any atom is 0.309 e. The Kier molecular flexibility index (Phi) is 6.14. The second kappa shape index (κ2) is 8.30. The van der Waals surface area contributed by atoms with E-state index in [1.807, 2.05) is 0 Å². The number of ether oxygens (including phenoxy) is 2. The lowest BCUT2D eigenvalue weighted by molar-refractivity contribution is -0.136. The molecule has 0 radical (unpaired) electrons. The molecule has 0 bridgehead atoms. The van der Waals surface area contributed by atoms with Crippen molar-refractivity contribution in [3.05, 3.63) is 39.8 Å². The van der Waals surface area contributed by atoms with Gasteiger partial charge >= 0.3 is 5.97 Å². The van der Waals surface area contributed by atoms with Gasteiger partial charge in [0.1, 0.15) is 16.5 Å². The van der Waals surface area contributed by atoms with Gasteiger partial charge in [-0.1, -0.05) is 0 Å². The van der Waals surface area contributed by atoms with Crippen LogP contribution in [0.1, 0.15) is 16.3 Å². The lowest BCUT2D eigenvalue weighted by atomic mass is 10.2. The summed E-state index contributed by atoms with van der Waals surface area (Å²) in [5.41, 5.74) is 1.26. The molecule has 24 heavy (non-hydrogen) atoms. The van der Waals surface area contributed by atoms with E-state index in [2.05, 4.69) is 10.3 Å². The minimum absolute atomic E-state index is 0.108. The second-order valence-electron chi connectivity index (χ2n) is 4.93. The summed E-state index contributed by atoms with van der Waals surface area (Å²) in [6.07, 6.45) is -0.0320. The number of nitrogens with zero attached hydrogens (tertiary/aromatic N) is 1. The molecule has 2 aromatic rings. The molecule has 1 aromatic heterocycles. The first-order valence-electron chi connectivity index (χ1n) is 7.14. The summed E-state index contributed by atoms with van der Waals surface area (Å²) in [6, 6.07) is 5.36. The van der Waals surface area contributed by atoms with Crippen LogP contribution in [-0.2, 0) is 29.0 Å². The first kappa shape index (κ1) is 17.7. The number of thiazole rings is 1. The Morgan fingerprint density at radius 3 is 2.71 bits per heavy atom. The Hall–Kier alpha value is -2.61. The number of aromatic nitrogens is 1. The molecule has 8 heteroatoms. The predicted molar refractivity (Wildman–Crippen MR) is 88.6 cm³/mol. The number of hydrogen-bond donors (Lipinski definition) is 2. The van der Waals surface area contributed by atoms with Gasteiger partial charge in [0.2, 0.25) is 5.91 Å². The van der Waals surface area contributed by atoms with Crippen molar-refractivity contribution in [3.8, 4) is 11.5 Å². The van der Waals surface area contributed by atoms with Gasteiger partial charge in [0, 0.05) is 17.5 Å². The zero-order valence-electron chi connectivity index (χ0n) is 13.4. The summed E-state index contributed by atoms with van der Waals surface area (Å²) < 4.78 is 10.4. The zero-order valence-corrected chi connectivity index (χ0v) is 14.2. The minimum Gasteiger partial charge on any atom is -0.497 e. The highest BCUT2D eigenvalue weighted by Gasteiger charge is 2.11. The number of methoxy groups -OCH3 is 2. The SMILES string of the molecule is COc1ccc(OC)c(CNC(=O)Cc2nc(CC(=O)O)cs2)c1. The number of carboxylic acid groups (broad SMARTS) is 1. The maximum absolute atomic E-state index is 12.0. The van der Waals surface area contributed by atoms with Crippen molar-refractivity contribution < 1.29 is 24.2 Å². The highest BCUT2D eigenvalue weighted by atomic mass is 32.1. The molecule has 0 fully saturated rings. The third-order valence-corrected chi connectivity index (χ3v) is 4.10.